The Morgan fingerprint density at radius 1 is 1.07 bits per heavy atom. The lowest BCUT2D eigenvalue weighted by Crippen LogP contribution is -2.50. The molecular weight excluding hydrogens is 354 g/mol. The summed E-state index contributed by atoms with van der Waals surface area (Å²) in [6.07, 6.45) is 2.13. The first kappa shape index (κ1) is 20.2. The normalized spacial score (nSPS) is 15.8. The third kappa shape index (κ3) is 5.40. The summed E-state index contributed by atoms with van der Waals surface area (Å²) in [5, 5.41) is 0. The molecule has 0 aliphatic carbocycles. The maximum atomic E-state index is 12.5. The second-order valence-electron chi connectivity index (χ2n) is 5.73. The van der Waals surface area contributed by atoms with Crippen LogP contribution in [0.1, 0.15) is 18.1 Å². The summed E-state index contributed by atoms with van der Waals surface area (Å²) in [6.45, 7) is 1.48. The minimum Gasteiger partial charge on any atom is -0.467 e. The summed E-state index contributed by atoms with van der Waals surface area (Å²) >= 11 is 0. The van der Waals surface area contributed by atoms with Gasteiger partial charge in [-0.3, -0.25) is 4.79 Å². The van der Waals surface area contributed by atoms with Gasteiger partial charge in [-0.25, -0.2) is 14.4 Å². The van der Waals surface area contributed by atoms with Crippen LogP contribution in [0.25, 0.3) is 0 Å². The van der Waals surface area contributed by atoms with Crippen molar-refractivity contribution in [2.24, 2.45) is 0 Å². The highest BCUT2D eigenvalue weighted by atomic mass is 16.5. The molecule has 1 aliphatic heterocycles. The largest absolute Gasteiger partial charge is 0.467 e. The molecule has 8 heteroatoms. The van der Waals surface area contributed by atoms with Crippen LogP contribution in [0.5, 0.6) is 0 Å². The van der Waals surface area contributed by atoms with Gasteiger partial charge in [0.2, 0.25) is 0 Å². The SMILES string of the molecule is CCOC(=O)/C=C/C(=O)OCC(=O)N1Cc2ccccc2C[C@@H]1C(=O)OC. The summed E-state index contributed by atoms with van der Waals surface area (Å²) in [5.41, 5.74) is 1.88. The van der Waals surface area contributed by atoms with E-state index >= 15 is 0 Å². The van der Waals surface area contributed by atoms with Gasteiger partial charge in [-0.2, -0.15) is 0 Å². The molecule has 144 valence electrons. The van der Waals surface area contributed by atoms with Gasteiger partial charge in [-0.15, -0.1) is 0 Å². The van der Waals surface area contributed by atoms with Gasteiger partial charge in [0, 0.05) is 25.1 Å². The topological polar surface area (TPSA) is 99.2 Å². The third-order valence-corrected chi connectivity index (χ3v) is 4.02. The van der Waals surface area contributed by atoms with E-state index in [1.165, 1.54) is 12.0 Å². The molecule has 0 fully saturated rings. The van der Waals surface area contributed by atoms with Crippen molar-refractivity contribution < 1.29 is 33.4 Å². The maximum absolute atomic E-state index is 12.5. The molecule has 1 amide bonds. The Balaban J connectivity index is 2.01. The third-order valence-electron chi connectivity index (χ3n) is 4.02. The summed E-state index contributed by atoms with van der Waals surface area (Å²) in [4.78, 5) is 48.7. The van der Waals surface area contributed by atoms with Crippen molar-refractivity contribution in [1.82, 2.24) is 4.90 Å². The number of benzene rings is 1. The van der Waals surface area contributed by atoms with Crippen LogP contribution in [0.15, 0.2) is 36.4 Å². The number of esters is 3. The van der Waals surface area contributed by atoms with Gasteiger partial charge in [-0.05, 0) is 18.1 Å². The van der Waals surface area contributed by atoms with Gasteiger partial charge in [0.25, 0.3) is 5.91 Å². The Bertz CT molecular complexity index is 756. The molecule has 0 saturated carbocycles. The van der Waals surface area contributed by atoms with Crippen molar-refractivity contribution in [3.63, 3.8) is 0 Å². The van der Waals surface area contributed by atoms with Gasteiger partial charge >= 0.3 is 17.9 Å². The fourth-order valence-corrected chi connectivity index (χ4v) is 2.72. The molecular formula is C19H21NO7. The second kappa shape index (κ2) is 9.51. The van der Waals surface area contributed by atoms with Crippen molar-refractivity contribution in [3.8, 4) is 0 Å². The zero-order valence-electron chi connectivity index (χ0n) is 15.2. The van der Waals surface area contributed by atoms with E-state index in [-0.39, 0.29) is 13.2 Å². The highest BCUT2D eigenvalue weighted by Crippen LogP contribution is 2.24. The standard InChI is InChI=1S/C19H21NO7/c1-3-26-17(22)8-9-18(23)27-12-16(21)20-11-14-7-5-4-6-13(14)10-15(20)19(24)25-2/h4-9,15H,3,10-12H2,1-2H3/b9-8+/t15-/m1/s1. The lowest BCUT2D eigenvalue weighted by Gasteiger charge is -2.35. The number of amides is 1. The number of methoxy groups -OCH3 is 1. The summed E-state index contributed by atoms with van der Waals surface area (Å²) in [6, 6.07) is 6.69. The average Bonchev–Trinajstić information content (AvgIpc) is 2.69. The van der Waals surface area contributed by atoms with Crippen molar-refractivity contribution in [2.75, 3.05) is 20.3 Å². The van der Waals surface area contributed by atoms with Crippen LogP contribution in [0.2, 0.25) is 0 Å². The number of ether oxygens (including phenoxy) is 3. The van der Waals surface area contributed by atoms with Gasteiger partial charge in [0.15, 0.2) is 6.61 Å². The Morgan fingerprint density at radius 2 is 1.70 bits per heavy atom. The van der Waals surface area contributed by atoms with E-state index < -0.39 is 36.5 Å². The van der Waals surface area contributed by atoms with E-state index in [9.17, 15) is 19.2 Å². The number of nitrogens with zero attached hydrogens (tertiary/aromatic N) is 1. The molecule has 1 aromatic carbocycles. The van der Waals surface area contributed by atoms with E-state index in [0.717, 1.165) is 23.3 Å². The van der Waals surface area contributed by atoms with Crippen molar-refractivity contribution >= 4 is 23.8 Å². The van der Waals surface area contributed by atoms with Gasteiger partial charge < -0.3 is 19.1 Å². The fourth-order valence-electron chi connectivity index (χ4n) is 2.72. The first-order valence-electron chi connectivity index (χ1n) is 8.42. The zero-order chi connectivity index (χ0) is 19.8. The maximum Gasteiger partial charge on any atom is 0.331 e. The molecule has 2 rings (SSSR count). The molecule has 0 radical (unpaired) electrons. The van der Waals surface area contributed by atoms with Crippen LogP contribution in [-0.2, 0) is 46.4 Å². The number of hydrogen-bond donors (Lipinski definition) is 0. The number of fused-ring (bicyclic) bond motifs is 1. The number of rotatable bonds is 6. The Labute approximate surface area is 156 Å². The molecule has 1 atom stereocenters. The number of carbonyl (C=O) groups is 4. The lowest BCUT2D eigenvalue weighted by atomic mass is 9.94. The smallest absolute Gasteiger partial charge is 0.331 e. The molecule has 27 heavy (non-hydrogen) atoms. The summed E-state index contributed by atoms with van der Waals surface area (Å²) in [7, 11) is 1.26. The number of hydrogen-bond acceptors (Lipinski definition) is 7. The Morgan fingerprint density at radius 3 is 2.33 bits per heavy atom. The average molecular weight is 375 g/mol. The van der Waals surface area contributed by atoms with E-state index in [2.05, 4.69) is 4.74 Å². The highest BCUT2D eigenvalue weighted by molar-refractivity contribution is 5.93. The van der Waals surface area contributed by atoms with Crippen LogP contribution in [0.4, 0.5) is 0 Å². The zero-order valence-corrected chi connectivity index (χ0v) is 15.2. The molecule has 8 nitrogen and oxygen atoms in total. The molecule has 0 saturated heterocycles. The predicted octanol–water partition coefficient (Wildman–Crippen LogP) is 0.775. The van der Waals surface area contributed by atoms with Crippen molar-refractivity contribution in [3.05, 3.63) is 47.5 Å². The molecule has 1 aliphatic rings. The van der Waals surface area contributed by atoms with E-state index in [0.29, 0.717) is 6.42 Å². The van der Waals surface area contributed by atoms with Crippen molar-refractivity contribution in [1.29, 1.82) is 0 Å². The highest BCUT2D eigenvalue weighted by Gasteiger charge is 2.35. The number of carbonyl (C=O) groups excluding carboxylic acids is 4. The summed E-state index contributed by atoms with van der Waals surface area (Å²) < 4.78 is 14.3. The van der Waals surface area contributed by atoms with Crippen LogP contribution >= 0.6 is 0 Å². The van der Waals surface area contributed by atoms with Crippen LogP contribution < -0.4 is 0 Å². The van der Waals surface area contributed by atoms with Gasteiger partial charge in [-0.1, -0.05) is 24.3 Å². The Kier molecular flexibility index (Phi) is 7.10. The monoisotopic (exact) mass is 375 g/mol. The van der Waals surface area contributed by atoms with Gasteiger partial charge in [0.05, 0.1) is 13.7 Å². The molecule has 0 bridgehead atoms. The molecule has 0 aromatic heterocycles. The van der Waals surface area contributed by atoms with Crippen LogP contribution in [0.3, 0.4) is 0 Å². The minimum atomic E-state index is -0.858. The fraction of sp³-hybridized carbons (Fsp3) is 0.368. The van der Waals surface area contributed by atoms with Crippen molar-refractivity contribution in [2.45, 2.75) is 25.9 Å². The van der Waals surface area contributed by atoms with Crippen LogP contribution in [-0.4, -0.2) is 55.1 Å². The minimum absolute atomic E-state index is 0.183. The first-order chi connectivity index (χ1) is 13.0. The van der Waals surface area contributed by atoms with E-state index in [1.54, 1.807) is 6.92 Å². The molecule has 0 N–H and O–H groups in total. The molecule has 1 heterocycles. The predicted molar refractivity (Wildman–Crippen MR) is 93.2 cm³/mol. The van der Waals surface area contributed by atoms with E-state index in [1.807, 2.05) is 24.3 Å². The van der Waals surface area contributed by atoms with Gasteiger partial charge in [0.1, 0.15) is 6.04 Å². The van der Waals surface area contributed by atoms with E-state index in [4.69, 9.17) is 9.47 Å². The Hall–Kier alpha value is -3.16. The van der Waals surface area contributed by atoms with Crippen LogP contribution in [0, 0.1) is 0 Å². The molecule has 1 aromatic rings. The summed E-state index contributed by atoms with van der Waals surface area (Å²) in [5.74, 6) is -2.60. The quantitative estimate of drug-likeness (QED) is 0.411. The lowest BCUT2D eigenvalue weighted by molar-refractivity contribution is -0.158. The first-order valence-corrected chi connectivity index (χ1v) is 8.42. The molecule has 0 spiro atoms. The molecule has 0 unspecified atom stereocenters. The second-order valence-corrected chi connectivity index (χ2v) is 5.73.